The Morgan fingerprint density at radius 2 is 2.07 bits per heavy atom. The number of halogens is 3. The van der Waals surface area contributed by atoms with Crippen LogP contribution in [0.4, 0.5) is 4.39 Å². The molecule has 0 atom stereocenters. The van der Waals surface area contributed by atoms with Gasteiger partial charge in [-0.25, -0.2) is 12.8 Å². The van der Waals surface area contributed by atoms with Gasteiger partial charge in [0.25, 0.3) is 10.0 Å². The molecule has 0 bridgehead atoms. The van der Waals surface area contributed by atoms with E-state index in [-0.39, 0.29) is 27.6 Å². The minimum absolute atomic E-state index is 0.00702. The van der Waals surface area contributed by atoms with Crippen LogP contribution >= 0.6 is 38.9 Å². The van der Waals surface area contributed by atoms with Gasteiger partial charge in [-0.05, 0) is 58.1 Å². The summed E-state index contributed by atoms with van der Waals surface area (Å²) >= 11 is 9.82. The number of hydrogen-bond donors (Lipinski definition) is 1. The van der Waals surface area contributed by atoms with Crippen molar-refractivity contribution in [1.29, 1.82) is 0 Å². The second-order valence-corrected chi connectivity index (χ2v) is 11.0. The molecule has 5 nitrogen and oxygen atoms in total. The van der Waals surface area contributed by atoms with Crippen molar-refractivity contribution >= 4 is 54.8 Å². The number of benzene rings is 1. The maximum absolute atomic E-state index is 13.8. The van der Waals surface area contributed by atoms with E-state index in [2.05, 4.69) is 21.4 Å². The second-order valence-electron chi connectivity index (χ2n) is 6.34. The number of hydrazine groups is 1. The summed E-state index contributed by atoms with van der Waals surface area (Å²) < 4.78 is 41.2. The number of hydrogen-bond acceptors (Lipinski definition) is 4. The lowest BCUT2D eigenvalue weighted by Crippen LogP contribution is -2.45. The van der Waals surface area contributed by atoms with Crippen LogP contribution in [0.25, 0.3) is 0 Å². The first-order chi connectivity index (χ1) is 12.8. The van der Waals surface area contributed by atoms with E-state index in [1.165, 1.54) is 24.3 Å². The van der Waals surface area contributed by atoms with Crippen LogP contribution in [0.15, 0.2) is 39.0 Å². The number of nitrogens with one attached hydrogen (secondary N) is 1. The van der Waals surface area contributed by atoms with Crippen LogP contribution < -0.4 is 5.43 Å². The second kappa shape index (κ2) is 8.57. The monoisotopic (exact) mass is 494 g/mol. The van der Waals surface area contributed by atoms with E-state index < -0.39 is 15.8 Å². The minimum Gasteiger partial charge on any atom is -0.275 e. The maximum atomic E-state index is 13.8. The summed E-state index contributed by atoms with van der Waals surface area (Å²) in [4.78, 5) is 12.3. The molecule has 1 amide bonds. The number of sulfonamides is 1. The summed E-state index contributed by atoms with van der Waals surface area (Å²) in [6.45, 7) is -0.197. The maximum Gasteiger partial charge on any atom is 0.269 e. The lowest BCUT2D eigenvalue weighted by molar-refractivity contribution is -0.124. The first kappa shape index (κ1) is 20.7. The Labute approximate surface area is 174 Å². The van der Waals surface area contributed by atoms with Gasteiger partial charge in [0.05, 0.1) is 15.4 Å². The van der Waals surface area contributed by atoms with Crippen LogP contribution in [0.2, 0.25) is 4.34 Å². The van der Waals surface area contributed by atoms with Crippen LogP contribution in [0.1, 0.15) is 31.2 Å². The van der Waals surface area contributed by atoms with Crippen molar-refractivity contribution in [3.63, 3.8) is 0 Å². The number of carbonyl (C=O) groups excluding carboxylic acids is 1. The average Bonchev–Trinajstić information content (AvgIpc) is 3.34. The zero-order valence-corrected chi connectivity index (χ0v) is 18.1. The van der Waals surface area contributed by atoms with E-state index in [1.807, 2.05) is 0 Å². The third kappa shape index (κ3) is 5.51. The van der Waals surface area contributed by atoms with E-state index in [4.69, 9.17) is 11.6 Å². The Hall–Kier alpha value is -1.000. The summed E-state index contributed by atoms with van der Waals surface area (Å²) in [7, 11) is -4.02. The zero-order chi connectivity index (χ0) is 19.6. The molecule has 0 spiro atoms. The van der Waals surface area contributed by atoms with Gasteiger partial charge < -0.3 is 0 Å². The van der Waals surface area contributed by atoms with Crippen molar-refractivity contribution in [3.8, 4) is 0 Å². The fraction of sp³-hybridized carbons (Fsp3) is 0.353. The molecule has 1 saturated carbocycles. The topological polar surface area (TPSA) is 66.5 Å². The molecule has 1 aromatic carbocycles. The normalized spacial score (nSPS) is 14.5. The highest BCUT2D eigenvalue weighted by Gasteiger charge is 2.29. The van der Waals surface area contributed by atoms with Crippen molar-refractivity contribution in [3.05, 3.63) is 50.5 Å². The third-order valence-electron chi connectivity index (χ3n) is 4.13. The lowest BCUT2D eigenvalue weighted by atomic mass is 10.2. The van der Waals surface area contributed by atoms with Gasteiger partial charge in [-0.3, -0.25) is 10.2 Å². The number of rotatable bonds is 8. The van der Waals surface area contributed by atoms with Crippen LogP contribution in [0, 0.1) is 11.7 Å². The molecule has 10 heteroatoms. The highest BCUT2D eigenvalue weighted by molar-refractivity contribution is 9.10. The largest absolute Gasteiger partial charge is 0.275 e. The summed E-state index contributed by atoms with van der Waals surface area (Å²) in [5.41, 5.74) is 2.87. The summed E-state index contributed by atoms with van der Waals surface area (Å²) in [5.74, 6) is -0.340. The molecule has 1 aliphatic carbocycles. The third-order valence-corrected chi connectivity index (χ3v) is 8.13. The van der Waals surface area contributed by atoms with Crippen LogP contribution in [-0.4, -0.2) is 18.7 Å². The Morgan fingerprint density at radius 3 is 2.67 bits per heavy atom. The quantitative estimate of drug-likeness (QED) is 0.539. The smallest absolute Gasteiger partial charge is 0.269 e. The highest BCUT2D eigenvalue weighted by Crippen LogP contribution is 2.33. The van der Waals surface area contributed by atoms with E-state index in [0.29, 0.717) is 15.8 Å². The molecule has 0 radical (unpaired) electrons. The highest BCUT2D eigenvalue weighted by atomic mass is 79.9. The van der Waals surface area contributed by atoms with Gasteiger partial charge >= 0.3 is 0 Å². The van der Waals surface area contributed by atoms with Gasteiger partial charge in [0.2, 0.25) is 5.91 Å². The van der Waals surface area contributed by atoms with Crippen molar-refractivity contribution in [2.45, 2.75) is 36.4 Å². The van der Waals surface area contributed by atoms with Crippen LogP contribution in [0.5, 0.6) is 0 Å². The number of thiophene rings is 1. The molecule has 0 saturated heterocycles. The standard InChI is InChI=1S/C17H17BrClFN2O3S2/c18-13-5-3-12(9-14(13)20)10-22(21-16(23)7-4-11-1-2-11)27(24,25)17-8-6-15(19)26-17/h3,5-6,8-9,11H,1-2,4,7,10H2,(H,21,23). The van der Waals surface area contributed by atoms with E-state index >= 15 is 0 Å². The summed E-state index contributed by atoms with van der Waals surface area (Å²) in [5, 5.41) is 0. The number of amides is 1. The predicted molar refractivity (Wildman–Crippen MR) is 106 cm³/mol. The molecule has 1 N–H and O–H groups in total. The molecule has 1 heterocycles. The molecule has 1 fully saturated rings. The fourth-order valence-electron chi connectivity index (χ4n) is 2.47. The molecular formula is C17H17BrClFN2O3S2. The van der Waals surface area contributed by atoms with Gasteiger partial charge in [-0.15, -0.1) is 15.8 Å². The van der Waals surface area contributed by atoms with Gasteiger partial charge in [0, 0.05) is 6.42 Å². The van der Waals surface area contributed by atoms with Crippen LogP contribution in [-0.2, 0) is 21.4 Å². The Kier molecular flexibility index (Phi) is 6.58. The first-order valence-corrected chi connectivity index (χ1v) is 11.7. The van der Waals surface area contributed by atoms with E-state index in [9.17, 15) is 17.6 Å². The molecule has 1 aliphatic rings. The Bertz CT molecular complexity index is 947. The Balaban J connectivity index is 1.82. The number of carbonyl (C=O) groups is 1. The molecular weight excluding hydrogens is 479 g/mol. The molecule has 3 rings (SSSR count). The van der Waals surface area contributed by atoms with Gasteiger partial charge in [0.15, 0.2) is 0 Å². The molecule has 2 aromatic rings. The minimum atomic E-state index is -4.02. The first-order valence-electron chi connectivity index (χ1n) is 8.27. The van der Waals surface area contributed by atoms with Crippen molar-refractivity contribution in [2.75, 3.05) is 0 Å². The van der Waals surface area contributed by atoms with Crippen LogP contribution in [0.3, 0.4) is 0 Å². The SMILES string of the molecule is O=C(CCC1CC1)NN(Cc1ccc(Br)c(F)c1)S(=O)(=O)c1ccc(Cl)s1. The molecule has 27 heavy (non-hydrogen) atoms. The average molecular weight is 496 g/mol. The molecule has 0 unspecified atom stereocenters. The van der Waals surface area contributed by atoms with Crippen molar-refractivity contribution < 1.29 is 17.6 Å². The Morgan fingerprint density at radius 1 is 1.33 bits per heavy atom. The molecule has 1 aromatic heterocycles. The fourth-order valence-corrected chi connectivity index (χ4v) is 5.59. The molecule has 0 aliphatic heterocycles. The van der Waals surface area contributed by atoms with E-state index in [1.54, 1.807) is 6.07 Å². The lowest BCUT2D eigenvalue weighted by Gasteiger charge is -2.22. The van der Waals surface area contributed by atoms with Gasteiger partial charge in [-0.2, -0.15) is 0 Å². The summed E-state index contributed by atoms with van der Waals surface area (Å²) in [6, 6.07) is 7.17. The number of nitrogens with zero attached hydrogens (tertiary/aromatic N) is 1. The van der Waals surface area contributed by atoms with Gasteiger partial charge in [0.1, 0.15) is 10.0 Å². The molecule has 146 valence electrons. The summed E-state index contributed by atoms with van der Waals surface area (Å²) in [6.07, 6.45) is 3.20. The van der Waals surface area contributed by atoms with E-state index in [0.717, 1.165) is 35.0 Å². The predicted octanol–water partition coefficient (Wildman–Crippen LogP) is 4.72. The van der Waals surface area contributed by atoms with Crippen molar-refractivity contribution in [2.24, 2.45) is 5.92 Å². The van der Waals surface area contributed by atoms with Gasteiger partial charge in [-0.1, -0.05) is 30.5 Å². The van der Waals surface area contributed by atoms with Crippen molar-refractivity contribution in [1.82, 2.24) is 9.84 Å². The zero-order valence-electron chi connectivity index (χ0n) is 14.1.